The van der Waals surface area contributed by atoms with Gasteiger partial charge in [-0.2, -0.15) is 0 Å². The average Bonchev–Trinajstić information content (AvgIpc) is 2.63. The predicted octanol–water partition coefficient (Wildman–Crippen LogP) is 2.55. The first-order chi connectivity index (χ1) is 8.39. The standard InChI is InChI=1S/C14H21N3O/c1-14(2,3)8-12(15-4)9-5-6-10-11(7-9)17-13(18)16-10/h5-7,12,15H,8H2,1-4H3,(H2,16,17,18). The van der Waals surface area contributed by atoms with Crippen LogP contribution in [0.2, 0.25) is 0 Å². The Balaban J connectivity index is 2.36. The highest BCUT2D eigenvalue weighted by molar-refractivity contribution is 5.75. The Hall–Kier alpha value is -1.55. The molecule has 2 aromatic rings. The van der Waals surface area contributed by atoms with Crippen molar-refractivity contribution in [2.45, 2.75) is 33.2 Å². The number of fused-ring (bicyclic) bond motifs is 1. The van der Waals surface area contributed by atoms with E-state index in [-0.39, 0.29) is 11.1 Å². The zero-order valence-corrected chi connectivity index (χ0v) is 11.4. The number of nitrogens with one attached hydrogen (secondary N) is 3. The van der Waals surface area contributed by atoms with Gasteiger partial charge in [0.15, 0.2) is 0 Å². The number of rotatable bonds is 3. The fourth-order valence-corrected chi connectivity index (χ4v) is 2.27. The summed E-state index contributed by atoms with van der Waals surface area (Å²) in [5.74, 6) is 0. The van der Waals surface area contributed by atoms with Crippen molar-refractivity contribution in [2.24, 2.45) is 5.41 Å². The van der Waals surface area contributed by atoms with E-state index in [1.165, 1.54) is 5.56 Å². The van der Waals surface area contributed by atoms with E-state index in [4.69, 9.17) is 0 Å². The second-order valence-corrected chi connectivity index (χ2v) is 5.99. The SMILES string of the molecule is CNC(CC(C)(C)C)c1ccc2[nH]c(=O)[nH]c2c1. The molecule has 1 aromatic heterocycles. The molecule has 4 heteroatoms. The molecule has 0 fully saturated rings. The normalized spacial score (nSPS) is 14.0. The third-order valence-electron chi connectivity index (χ3n) is 3.11. The molecule has 1 atom stereocenters. The molecule has 0 aliphatic heterocycles. The molecule has 4 nitrogen and oxygen atoms in total. The van der Waals surface area contributed by atoms with E-state index < -0.39 is 0 Å². The molecule has 0 saturated heterocycles. The quantitative estimate of drug-likeness (QED) is 0.780. The van der Waals surface area contributed by atoms with Crippen LogP contribution in [0.1, 0.15) is 38.8 Å². The maximum Gasteiger partial charge on any atom is 0.323 e. The zero-order valence-electron chi connectivity index (χ0n) is 11.4. The van der Waals surface area contributed by atoms with Gasteiger partial charge in [0.2, 0.25) is 0 Å². The largest absolute Gasteiger partial charge is 0.323 e. The Labute approximate surface area is 107 Å². The molecule has 2 rings (SSSR count). The summed E-state index contributed by atoms with van der Waals surface area (Å²) in [6.45, 7) is 6.69. The molecule has 0 aliphatic rings. The van der Waals surface area contributed by atoms with Crippen LogP contribution < -0.4 is 11.0 Å². The Morgan fingerprint density at radius 1 is 1.22 bits per heavy atom. The molecular formula is C14H21N3O. The summed E-state index contributed by atoms with van der Waals surface area (Å²) in [5, 5.41) is 3.34. The van der Waals surface area contributed by atoms with Crippen LogP contribution in [-0.2, 0) is 0 Å². The van der Waals surface area contributed by atoms with Crippen LogP contribution in [0.15, 0.2) is 23.0 Å². The molecule has 98 valence electrons. The molecule has 1 heterocycles. The molecule has 3 N–H and O–H groups in total. The predicted molar refractivity (Wildman–Crippen MR) is 74.8 cm³/mol. The zero-order chi connectivity index (χ0) is 13.3. The molecule has 0 aliphatic carbocycles. The van der Waals surface area contributed by atoms with Crippen molar-refractivity contribution in [3.63, 3.8) is 0 Å². The van der Waals surface area contributed by atoms with E-state index in [0.29, 0.717) is 6.04 Å². The third kappa shape index (κ3) is 2.82. The van der Waals surface area contributed by atoms with Crippen LogP contribution in [0.3, 0.4) is 0 Å². The topological polar surface area (TPSA) is 60.7 Å². The van der Waals surface area contributed by atoms with Gasteiger partial charge in [0.1, 0.15) is 0 Å². The highest BCUT2D eigenvalue weighted by Gasteiger charge is 2.19. The number of benzene rings is 1. The van der Waals surface area contributed by atoms with Gasteiger partial charge in [-0.1, -0.05) is 26.8 Å². The summed E-state index contributed by atoms with van der Waals surface area (Å²) in [4.78, 5) is 16.8. The number of aromatic amines is 2. The van der Waals surface area contributed by atoms with Crippen molar-refractivity contribution < 1.29 is 0 Å². The molecule has 0 saturated carbocycles. The van der Waals surface area contributed by atoms with Crippen LogP contribution >= 0.6 is 0 Å². The summed E-state index contributed by atoms with van der Waals surface area (Å²) in [6, 6.07) is 6.36. The van der Waals surface area contributed by atoms with E-state index in [0.717, 1.165) is 17.5 Å². The van der Waals surface area contributed by atoms with E-state index >= 15 is 0 Å². The van der Waals surface area contributed by atoms with Gasteiger partial charge in [-0.15, -0.1) is 0 Å². The number of H-pyrrole nitrogens is 2. The lowest BCUT2D eigenvalue weighted by molar-refractivity contribution is 0.321. The lowest BCUT2D eigenvalue weighted by Crippen LogP contribution is -2.22. The van der Waals surface area contributed by atoms with Crippen molar-refractivity contribution >= 4 is 11.0 Å². The molecule has 0 amide bonds. The summed E-state index contributed by atoms with van der Waals surface area (Å²) < 4.78 is 0. The van der Waals surface area contributed by atoms with E-state index in [9.17, 15) is 4.79 Å². The van der Waals surface area contributed by atoms with E-state index in [2.05, 4.69) is 42.1 Å². The van der Waals surface area contributed by atoms with Gasteiger partial charge in [0, 0.05) is 6.04 Å². The third-order valence-corrected chi connectivity index (χ3v) is 3.11. The van der Waals surface area contributed by atoms with Crippen LogP contribution in [0, 0.1) is 5.41 Å². The van der Waals surface area contributed by atoms with Crippen molar-refractivity contribution in [3.8, 4) is 0 Å². The van der Waals surface area contributed by atoms with Crippen LogP contribution in [0.25, 0.3) is 11.0 Å². The fraction of sp³-hybridized carbons (Fsp3) is 0.500. The van der Waals surface area contributed by atoms with Gasteiger partial charge in [-0.25, -0.2) is 4.79 Å². The molecule has 0 bridgehead atoms. The maximum absolute atomic E-state index is 11.2. The second kappa shape index (κ2) is 4.61. The van der Waals surface area contributed by atoms with E-state index in [1.54, 1.807) is 0 Å². The lowest BCUT2D eigenvalue weighted by Gasteiger charge is -2.26. The Morgan fingerprint density at radius 2 is 1.89 bits per heavy atom. The highest BCUT2D eigenvalue weighted by Crippen LogP contribution is 2.29. The van der Waals surface area contributed by atoms with Crippen LogP contribution in [-0.4, -0.2) is 17.0 Å². The van der Waals surface area contributed by atoms with Crippen molar-refractivity contribution in [1.82, 2.24) is 15.3 Å². The van der Waals surface area contributed by atoms with Gasteiger partial charge in [-0.3, -0.25) is 0 Å². The van der Waals surface area contributed by atoms with Crippen molar-refractivity contribution in [2.75, 3.05) is 7.05 Å². The lowest BCUT2D eigenvalue weighted by atomic mass is 9.85. The Morgan fingerprint density at radius 3 is 2.50 bits per heavy atom. The number of aromatic nitrogens is 2. The fourth-order valence-electron chi connectivity index (χ4n) is 2.27. The summed E-state index contributed by atoms with van der Waals surface area (Å²) in [6.07, 6.45) is 1.05. The van der Waals surface area contributed by atoms with Crippen LogP contribution in [0.4, 0.5) is 0 Å². The van der Waals surface area contributed by atoms with Gasteiger partial charge in [0.05, 0.1) is 11.0 Å². The summed E-state index contributed by atoms with van der Waals surface area (Å²) in [5.41, 5.74) is 3.03. The minimum Gasteiger partial charge on any atom is -0.313 e. The summed E-state index contributed by atoms with van der Waals surface area (Å²) in [7, 11) is 1.97. The molecule has 1 unspecified atom stereocenters. The Bertz CT molecular complexity index is 589. The Kier molecular flexibility index (Phi) is 3.30. The number of hydrogen-bond donors (Lipinski definition) is 3. The average molecular weight is 247 g/mol. The van der Waals surface area contributed by atoms with E-state index in [1.807, 2.05) is 19.2 Å². The van der Waals surface area contributed by atoms with Gasteiger partial charge >= 0.3 is 5.69 Å². The first kappa shape index (κ1) is 12.9. The molecule has 18 heavy (non-hydrogen) atoms. The molecular weight excluding hydrogens is 226 g/mol. The van der Waals surface area contributed by atoms with Gasteiger partial charge < -0.3 is 15.3 Å². The van der Waals surface area contributed by atoms with Gasteiger partial charge in [-0.05, 0) is 36.6 Å². The smallest absolute Gasteiger partial charge is 0.313 e. The molecule has 1 aromatic carbocycles. The maximum atomic E-state index is 11.2. The molecule has 0 spiro atoms. The minimum atomic E-state index is -0.154. The minimum absolute atomic E-state index is 0.154. The molecule has 0 radical (unpaired) electrons. The van der Waals surface area contributed by atoms with Crippen molar-refractivity contribution in [3.05, 3.63) is 34.2 Å². The first-order valence-electron chi connectivity index (χ1n) is 6.28. The van der Waals surface area contributed by atoms with Gasteiger partial charge in [0.25, 0.3) is 0 Å². The highest BCUT2D eigenvalue weighted by atomic mass is 16.1. The number of hydrogen-bond acceptors (Lipinski definition) is 2. The second-order valence-electron chi connectivity index (χ2n) is 5.99. The van der Waals surface area contributed by atoms with Crippen LogP contribution in [0.5, 0.6) is 0 Å². The number of imidazole rings is 1. The van der Waals surface area contributed by atoms with Crippen molar-refractivity contribution in [1.29, 1.82) is 0 Å². The first-order valence-corrected chi connectivity index (χ1v) is 6.28. The monoisotopic (exact) mass is 247 g/mol. The summed E-state index contributed by atoms with van der Waals surface area (Å²) >= 11 is 0.